The van der Waals surface area contributed by atoms with Crippen molar-refractivity contribution in [2.45, 2.75) is 0 Å². The number of rotatable bonds is 0. The summed E-state index contributed by atoms with van der Waals surface area (Å²) in [6.07, 6.45) is 0. The first-order valence-electron chi connectivity index (χ1n) is 0.965. The van der Waals surface area contributed by atoms with Crippen molar-refractivity contribution < 1.29 is 40.3 Å². The molecular formula is H4NaO5PV. The zero-order chi connectivity index (χ0) is 6.50. The molecule has 0 atom stereocenters. The van der Waals surface area contributed by atoms with Crippen molar-refractivity contribution in [3.8, 4) is 0 Å². The molecule has 0 aromatic heterocycles. The molecule has 0 aliphatic rings. The van der Waals surface area contributed by atoms with Gasteiger partial charge in [0.2, 0.25) is 0 Å². The van der Waals surface area contributed by atoms with Crippen LogP contribution in [-0.4, -0.2) is 44.2 Å². The average Bonchev–Trinajstić information content (AvgIpc) is 1.36. The second kappa shape index (κ2) is 8.49. The van der Waals surface area contributed by atoms with E-state index in [2.05, 4.69) is 0 Å². The van der Waals surface area contributed by atoms with Crippen molar-refractivity contribution in [1.82, 2.24) is 0 Å². The Kier molecular flexibility index (Phi) is 17.2. The van der Waals surface area contributed by atoms with Gasteiger partial charge in [-0.15, -0.1) is 0 Å². The quantitative estimate of drug-likeness (QED) is 0.312. The van der Waals surface area contributed by atoms with Crippen molar-refractivity contribution in [2.75, 3.05) is 0 Å². The molecule has 0 aromatic carbocycles. The van der Waals surface area contributed by atoms with E-state index < -0.39 is 7.82 Å². The first kappa shape index (κ1) is 16.2. The van der Waals surface area contributed by atoms with E-state index in [-0.39, 0.29) is 29.6 Å². The molecule has 8 heteroatoms. The van der Waals surface area contributed by atoms with Gasteiger partial charge in [0.25, 0.3) is 0 Å². The zero-order valence-corrected chi connectivity index (χ0v) is 5.34. The number of hydrogen-bond donors (Lipinski definition) is 3. The fourth-order valence-corrected chi connectivity index (χ4v) is 0. The Hall–Kier alpha value is 1.49. The van der Waals surface area contributed by atoms with Crippen LogP contribution in [-0.2, 0) is 25.6 Å². The zero-order valence-electron chi connectivity index (χ0n) is 3.05. The molecule has 0 aliphatic heterocycles. The van der Waals surface area contributed by atoms with E-state index in [9.17, 15) is 0 Å². The standard InChI is InChI=1S/Na.H3O4P.O.V.H/c;1-5(2,3)4;;;/h;(H3,1,2,3,4);;;. The fraction of sp³-hybridized carbons (Fsp3) is 0. The summed E-state index contributed by atoms with van der Waals surface area (Å²) >= 11 is 1.06. The first-order chi connectivity index (χ1) is 3.00. The summed E-state index contributed by atoms with van der Waals surface area (Å²) in [6, 6.07) is 0. The molecule has 3 N–H and O–H groups in total. The van der Waals surface area contributed by atoms with Crippen LogP contribution in [0, 0.1) is 0 Å². The van der Waals surface area contributed by atoms with E-state index in [0.717, 1.165) is 17.4 Å². The van der Waals surface area contributed by atoms with Crippen molar-refractivity contribution in [3.63, 3.8) is 0 Å². The minimum absolute atomic E-state index is 0. The van der Waals surface area contributed by atoms with Crippen molar-refractivity contribution in [1.29, 1.82) is 0 Å². The van der Waals surface area contributed by atoms with Gasteiger partial charge in [-0.1, -0.05) is 0 Å². The van der Waals surface area contributed by atoms with Gasteiger partial charge in [-0.3, -0.25) is 0 Å². The summed E-state index contributed by atoms with van der Waals surface area (Å²) in [7, 11) is -4.64. The second-order valence-corrected chi connectivity index (χ2v) is 1.54. The van der Waals surface area contributed by atoms with Crippen molar-refractivity contribution >= 4 is 37.4 Å². The number of hydrogen-bond acceptors (Lipinski definition) is 2. The van der Waals surface area contributed by atoms with Gasteiger partial charge < -0.3 is 14.7 Å². The minimum atomic E-state index is -4.64. The van der Waals surface area contributed by atoms with E-state index in [1.165, 1.54) is 0 Å². The molecule has 0 rings (SSSR count). The molecule has 0 saturated heterocycles. The van der Waals surface area contributed by atoms with E-state index in [1.807, 2.05) is 0 Å². The molecular weight excluding hydrogens is 185 g/mol. The van der Waals surface area contributed by atoms with Crippen molar-refractivity contribution in [3.05, 3.63) is 0 Å². The van der Waals surface area contributed by atoms with Gasteiger partial charge in [0, 0.05) is 0 Å². The Labute approximate surface area is 77.2 Å². The van der Waals surface area contributed by atoms with Crippen LogP contribution in [0.4, 0.5) is 0 Å². The monoisotopic (exact) mass is 189 g/mol. The third-order valence-corrected chi connectivity index (χ3v) is 0. The van der Waals surface area contributed by atoms with Gasteiger partial charge in [0.1, 0.15) is 0 Å². The van der Waals surface area contributed by atoms with Gasteiger partial charge in [-0.25, -0.2) is 4.57 Å². The SMILES string of the molecule is O=P(O)(O)O.[NaH].[O]=[V]. The van der Waals surface area contributed by atoms with Crippen LogP contribution in [0.15, 0.2) is 0 Å². The molecule has 0 heterocycles. The third kappa shape index (κ3) is 142. The average molecular weight is 189 g/mol. The fourth-order valence-electron chi connectivity index (χ4n) is 0. The maximum absolute atomic E-state index is 8.88. The van der Waals surface area contributed by atoms with Gasteiger partial charge in [-0.05, 0) is 0 Å². The molecule has 0 bridgehead atoms. The first-order valence-corrected chi connectivity index (χ1v) is 3.10. The number of phosphoric acid groups is 1. The van der Waals surface area contributed by atoms with E-state index in [1.54, 1.807) is 0 Å². The normalized spacial score (nSPS) is 7.75. The molecule has 45 valence electrons. The molecule has 0 aromatic rings. The van der Waals surface area contributed by atoms with Crippen LogP contribution in [0.3, 0.4) is 0 Å². The van der Waals surface area contributed by atoms with Crippen LogP contribution in [0.2, 0.25) is 0 Å². The Balaban J connectivity index is -0.0000000750. The Morgan fingerprint density at radius 2 is 1.12 bits per heavy atom. The molecule has 0 aliphatic carbocycles. The van der Waals surface area contributed by atoms with Gasteiger partial charge in [-0.2, -0.15) is 0 Å². The Morgan fingerprint density at radius 1 is 1.12 bits per heavy atom. The summed E-state index contributed by atoms with van der Waals surface area (Å²) < 4.78 is 17.1. The molecule has 0 saturated carbocycles. The van der Waals surface area contributed by atoms with E-state index >= 15 is 0 Å². The van der Waals surface area contributed by atoms with Gasteiger partial charge in [0.05, 0.1) is 0 Å². The molecule has 0 fully saturated rings. The van der Waals surface area contributed by atoms with E-state index in [4.69, 9.17) is 22.9 Å². The predicted octanol–water partition coefficient (Wildman–Crippen LogP) is -1.70. The Bertz CT molecular complexity index is 68.2. The van der Waals surface area contributed by atoms with Gasteiger partial charge >= 0.3 is 58.4 Å². The molecule has 0 amide bonds. The van der Waals surface area contributed by atoms with Crippen molar-refractivity contribution in [2.24, 2.45) is 0 Å². The maximum atomic E-state index is 8.88. The predicted molar refractivity (Wildman–Crippen MR) is 22.1 cm³/mol. The Morgan fingerprint density at radius 3 is 1.12 bits per heavy atom. The van der Waals surface area contributed by atoms with Crippen LogP contribution < -0.4 is 0 Å². The molecule has 0 radical (unpaired) electrons. The molecule has 0 spiro atoms. The third-order valence-electron chi connectivity index (χ3n) is 0. The molecule has 8 heavy (non-hydrogen) atoms. The second-order valence-electron chi connectivity index (χ2n) is 0.513. The summed E-state index contributed by atoms with van der Waals surface area (Å²) in [5.74, 6) is 0. The summed E-state index contributed by atoms with van der Waals surface area (Å²) in [5.41, 5.74) is 0. The topological polar surface area (TPSA) is 94.8 Å². The summed E-state index contributed by atoms with van der Waals surface area (Å²) in [6.45, 7) is 0. The summed E-state index contributed by atoms with van der Waals surface area (Å²) in [5, 5.41) is 0. The van der Waals surface area contributed by atoms with E-state index in [0.29, 0.717) is 0 Å². The van der Waals surface area contributed by atoms with Crippen LogP contribution in [0.25, 0.3) is 0 Å². The van der Waals surface area contributed by atoms with Crippen LogP contribution in [0.1, 0.15) is 0 Å². The molecule has 0 unspecified atom stereocenters. The molecule has 5 nitrogen and oxygen atoms in total. The van der Waals surface area contributed by atoms with Gasteiger partial charge in [0.15, 0.2) is 0 Å². The van der Waals surface area contributed by atoms with Crippen LogP contribution in [0.5, 0.6) is 0 Å². The summed E-state index contributed by atoms with van der Waals surface area (Å²) in [4.78, 5) is 21.6. The van der Waals surface area contributed by atoms with Crippen LogP contribution >= 0.6 is 7.82 Å².